The molecule has 2 aromatic heterocycles. The summed E-state index contributed by atoms with van der Waals surface area (Å²) >= 11 is 0. The normalized spacial score (nSPS) is 10.5. The summed E-state index contributed by atoms with van der Waals surface area (Å²) in [6.45, 7) is 0. The number of nitrogens with zero attached hydrogens (tertiary/aromatic N) is 2. The van der Waals surface area contributed by atoms with Gasteiger partial charge in [-0.05, 0) is 42.5 Å². The van der Waals surface area contributed by atoms with E-state index in [4.69, 9.17) is 4.74 Å². The van der Waals surface area contributed by atoms with Crippen LogP contribution in [0.4, 0.5) is 5.69 Å². The molecule has 1 aromatic carbocycles. The lowest BCUT2D eigenvalue weighted by atomic mass is 10.3. The second-order valence-electron chi connectivity index (χ2n) is 4.89. The highest BCUT2D eigenvalue weighted by Gasteiger charge is 2.01. The van der Waals surface area contributed by atoms with Crippen LogP contribution in [0.3, 0.4) is 0 Å². The number of anilines is 1. The van der Waals surface area contributed by atoms with Crippen molar-refractivity contribution < 1.29 is 9.53 Å². The predicted molar refractivity (Wildman–Crippen MR) is 92.7 cm³/mol. The number of hydrogen-bond acceptors (Lipinski definition) is 4. The number of rotatable bonds is 5. The fourth-order valence-corrected chi connectivity index (χ4v) is 2.00. The van der Waals surface area contributed by atoms with Crippen LogP contribution in [-0.2, 0) is 4.79 Å². The second kappa shape index (κ2) is 7.69. The first-order valence-corrected chi connectivity index (χ1v) is 7.38. The van der Waals surface area contributed by atoms with E-state index >= 15 is 0 Å². The number of amides is 1. The molecule has 0 spiro atoms. The Kier molecular flexibility index (Phi) is 4.94. The van der Waals surface area contributed by atoms with E-state index in [2.05, 4.69) is 15.3 Å². The molecule has 3 aromatic rings. The molecule has 1 N–H and O–H groups in total. The van der Waals surface area contributed by atoms with Gasteiger partial charge in [0.15, 0.2) is 0 Å². The largest absolute Gasteiger partial charge is 0.457 e. The van der Waals surface area contributed by atoms with E-state index in [1.165, 1.54) is 6.08 Å². The first-order chi connectivity index (χ1) is 11.8. The molecule has 0 saturated carbocycles. The lowest BCUT2D eigenvalue weighted by Crippen LogP contribution is -2.07. The van der Waals surface area contributed by atoms with E-state index in [0.29, 0.717) is 17.2 Å². The molecule has 0 atom stereocenters. The lowest BCUT2D eigenvalue weighted by molar-refractivity contribution is -0.111. The van der Waals surface area contributed by atoms with Crippen LogP contribution in [0.15, 0.2) is 79.3 Å². The summed E-state index contributed by atoms with van der Waals surface area (Å²) in [7, 11) is 0. The number of carbonyl (C=O) groups excluding carboxylic acids is 1. The SMILES string of the molecule is O=C(C=Cc1ccccn1)Nc1cccc(Oc2ccncc2)c1. The number of pyridine rings is 2. The first kappa shape index (κ1) is 15.4. The van der Waals surface area contributed by atoms with Gasteiger partial charge in [0.25, 0.3) is 0 Å². The number of aromatic nitrogens is 2. The number of carbonyl (C=O) groups is 1. The highest BCUT2D eigenvalue weighted by Crippen LogP contribution is 2.23. The van der Waals surface area contributed by atoms with Gasteiger partial charge < -0.3 is 10.1 Å². The minimum atomic E-state index is -0.235. The smallest absolute Gasteiger partial charge is 0.248 e. The molecule has 118 valence electrons. The Morgan fingerprint density at radius 2 is 1.83 bits per heavy atom. The third kappa shape index (κ3) is 4.51. The van der Waals surface area contributed by atoms with Gasteiger partial charge in [-0.15, -0.1) is 0 Å². The van der Waals surface area contributed by atoms with Crippen molar-refractivity contribution in [1.82, 2.24) is 9.97 Å². The highest BCUT2D eigenvalue weighted by atomic mass is 16.5. The monoisotopic (exact) mass is 317 g/mol. The van der Waals surface area contributed by atoms with E-state index in [1.807, 2.05) is 30.3 Å². The quantitative estimate of drug-likeness (QED) is 0.724. The van der Waals surface area contributed by atoms with Crippen molar-refractivity contribution in [3.05, 3.63) is 85.0 Å². The van der Waals surface area contributed by atoms with E-state index in [0.717, 1.165) is 5.69 Å². The zero-order valence-electron chi connectivity index (χ0n) is 12.8. The van der Waals surface area contributed by atoms with Gasteiger partial charge in [-0.2, -0.15) is 0 Å². The molecule has 0 fully saturated rings. The van der Waals surface area contributed by atoms with Crippen LogP contribution in [0.1, 0.15) is 5.69 Å². The number of hydrogen-bond donors (Lipinski definition) is 1. The fraction of sp³-hybridized carbons (Fsp3) is 0. The van der Waals surface area contributed by atoms with Crippen LogP contribution in [0, 0.1) is 0 Å². The van der Waals surface area contributed by atoms with Crippen LogP contribution >= 0.6 is 0 Å². The van der Waals surface area contributed by atoms with Gasteiger partial charge in [0.1, 0.15) is 11.5 Å². The predicted octanol–water partition coefficient (Wildman–Crippen LogP) is 3.92. The summed E-state index contributed by atoms with van der Waals surface area (Å²) < 4.78 is 5.71. The highest BCUT2D eigenvalue weighted by molar-refractivity contribution is 6.01. The van der Waals surface area contributed by atoms with Gasteiger partial charge in [-0.3, -0.25) is 14.8 Å². The number of benzene rings is 1. The molecule has 1 amide bonds. The Bertz CT molecular complexity index is 834. The summed E-state index contributed by atoms with van der Waals surface area (Å²) in [6.07, 6.45) is 8.09. The van der Waals surface area contributed by atoms with Crippen LogP contribution in [-0.4, -0.2) is 15.9 Å². The molecule has 0 unspecified atom stereocenters. The lowest BCUT2D eigenvalue weighted by Gasteiger charge is -2.07. The first-order valence-electron chi connectivity index (χ1n) is 7.38. The van der Waals surface area contributed by atoms with Crippen molar-refractivity contribution in [1.29, 1.82) is 0 Å². The van der Waals surface area contributed by atoms with E-state index in [-0.39, 0.29) is 5.91 Å². The van der Waals surface area contributed by atoms with Crippen molar-refractivity contribution in [3.8, 4) is 11.5 Å². The van der Waals surface area contributed by atoms with Crippen molar-refractivity contribution >= 4 is 17.7 Å². The Hall–Kier alpha value is -3.47. The molecule has 0 saturated heterocycles. The van der Waals surface area contributed by atoms with Crippen LogP contribution in [0.2, 0.25) is 0 Å². The maximum Gasteiger partial charge on any atom is 0.248 e. The molecule has 0 bridgehead atoms. The Morgan fingerprint density at radius 3 is 2.62 bits per heavy atom. The average molecular weight is 317 g/mol. The van der Waals surface area contributed by atoms with Crippen molar-refractivity contribution in [2.24, 2.45) is 0 Å². The molecule has 3 rings (SSSR count). The Labute approximate surface area is 139 Å². The Balaban J connectivity index is 1.64. The van der Waals surface area contributed by atoms with Gasteiger partial charge in [0.2, 0.25) is 5.91 Å². The Morgan fingerprint density at radius 1 is 0.958 bits per heavy atom. The molecule has 24 heavy (non-hydrogen) atoms. The molecule has 5 heteroatoms. The summed E-state index contributed by atoms with van der Waals surface area (Å²) in [4.78, 5) is 20.0. The van der Waals surface area contributed by atoms with Gasteiger partial charge in [0, 0.05) is 36.4 Å². The zero-order chi connectivity index (χ0) is 16.6. The molecule has 0 aliphatic heterocycles. The maximum atomic E-state index is 12.0. The zero-order valence-corrected chi connectivity index (χ0v) is 12.8. The third-order valence-electron chi connectivity index (χ3n) is 3.08. The van der Waals surface area contributed by atoms with Crippen molar-refractivity contribution in [2.75, 3.05) is 5.32 Å². The van der Waals surface area contributed by atoms with E-state index in [9.17, 15) is 4.79 Å². The van der Waals surface area contributed by atoms with E-state index in [1.54, 1.807) is 48.9 Å². The van der Waals surface area contributed by atoms with Crippen molar-refractivity contribution in [3.63, 3.8) is 0 Å². The summed E-state index contributed by atoms with van der Waals surface area (Å²) in [5, 5.41) is 2.79. The van der Waals surface area contributed by atoms with Gasteiger partial charge in [0.05, 0.1) is 5.69 Å². The third-order valence-corrected chi connectivity index (χ3v) is 3.08. The average Bonchev–Trinajstić information content (AvgIpc) is 2.62. The topological polar surface area (TPSA) is 64.1 Å². The molecule has 2 heterocycles. The number of nitrogens with one attached hydrogen (secondary N) is 1. The molecule has 0 aliphatic carbocycles. The number of ether oxygens (including phenoxy) is 1. The summed E-state index contributed by atoms with van der Waals surface area (Å²) in [5.74, 6) is 1.08. The van der Waals surface area contributed by atoms with Crippen LogP contribution in [0.25, 0.3) is 6.08 Å². The maximum absolute atomic E-state index is 12.0. The molecular weight excluding hydrogens is 302 g/mol. The fourth-order valence-electron chi connectivity index (χ4n) is 2.00. The summed E-state index contributed by atoms with van der Waals surface area (Å²) in [5.41, 5.74) is 1.37. The van der Waals surface area contributed by atoms with Crippen molar-refractivity contribution in [2.45, 2.75) is 0 Å². The second-order valence-corrected chi connectivity index (χ2v) is 4.89. The molecule has 5 nitrogen and oxygen atoms in total. The minimum absolute atomic E-state index is 0.235. The molecular formula is C19H15N3O2. The standard InChI is InChI=1S/C19H15N3O2/c23-19(8-7-15-4-1-2-11-21-15)22-16-5-3-6-18(14-16)24-17-9-12-20-13-10-17/h1-14H,(H,22,23). The van der Waals surface area contributed by atoms with Crippen LogP contribution in [0.5, 0.6) is 11.5 Å². The minimum Gasteiger partial charge on any atom is -0.457 e. The molecule has 0 aliphatic rings. The summed E-state index contributed by atoms with van der Waals surface area (Å²) in [6, 6.07) is 16.2. The van der Waals surface area contributed by atoms with E-state index < -0.39 is 0 Å². The molecule has 0 radical (unpaired) electrons. The van der Waals surface area contributed by atoms with Gasteiger partial charge in [-0.1, -0.05) is 12.1 Å². The van der Waals surface area contributed by atoms with Crippen LogP contribution < -0.4 is 10.1 Å². The van der Waals surface area contributed by atoms with Gasteiger partial charge >= 0.3 is 0 Å². The van der Waals surface area contributed by atoms with Gasteiger partial charge in [-0.25, -0.2) is 0 Å².